The van der Waals surface area contributed by atoms with Gasteiger partial charge in [-0.05, 0) is 86.4 Å². The number of alkyl halides is 3. The van der Waals surface area contributed by atoms with Crippen molar-refractivity contribution in [2.75, 3.05) is 31.6 Å². The van der Waals surface area contributed by atoms with E-state index in [0.29, 0.717) is 18.5 Å². The number of pyridine rings is 1. The lowest BCUT2D eigenvalue weighted by Crippen LogP contribution is -2.33. The zero-order chi connectivity index (χ0) is 29.5. The number of hydrogen-bond donors (Lipinski definition) is 1. The number of benzene rings is 2. The second-order valence-corrected chi connectivity index (χ2v) is 10.4. The first-order valence-electron chi connectivity index (χ1n) is 13.9. The number of carbonyl (C=O) groups is 1. The quantitative estimate of drug-likeness (QED) is 0.243. The Balaban J connectivity index is 1.33. The summed E-state index contributed by atoms with van der Waals surface area (Å²) in [5.74, 6) is -0.457. The zero-order valence-electron chi connectivity index (χ0n) is 23.3. The maximum Gasteiger partial charge on any atom is 0.416 e. The van der Waals surface area contributed by atoms with Gasteiger partial charge >= 0.3 is 6.18 Å². The molecule has 0 aliphatic carbocycles. The Morgan fingerprint density at radius 3 is 2.60 bits per heavy atom. The second-order valence-electron chi connectivity index (χ2n) is 10.4. The van der Waals surface area contributed by atoms with Crippen LogP contribution in [0.3, 0.4) is 0 Å². The Hall–Kier alpha value is -4.31. The highest BCUT2D eigenvalue weighted by Gasteiger charge is 2.32. The van der Waals surface area contributed by atoms with Gasteiger partial charge in [0, 0.05) is 48.2 Å². The van der Waals surface area contributed by atoms with Crippen LogP contribution < -0.4 is 10.1 Å². The van der Waals surface area contributed by atoms with E-state index in [-0.39, 0.29) is 18.0 Å². The van der Waals surface area contributed by atoms with E-state index in [1.165, 1.54) is 18.8 Å². The number of amides is 1. The van der Waals surface area contributed by atoms with Crippen molar-refractivity contribution < 1.29 is 22.7 Å². The normalized spacial score (nSPS) is 14.0. The molecule has 0 atom stereocenters. The van der Waals surface area contributed by atoms with Crippen molar-refractivity contribution in [2.45, 2.75) is 38.8 Å². The lowest BCUT2D eigenvalue weighted by Gasteiger charge is -2.26. The van der Waals surface area contributed by atoms with Crippen LogP contribution in [0.4, 0.5) is 18.9 Å². The first-order valence-corrected chi connectivity index (χ1v) is 13.9. The molecule has 0 spiro atoms. The van der Waals surface area contributed by atoms with Crippen LogP contribution in [0.25, 0.3) is 11.3 Å². The molecule has 218 valence electrons. The first-order chi connectivity index (χ1) is 20.3. The summed E-state index contributed by atoms with van der Waals surface area (Å²) in [4.78, 5) is 28.3. The number of aryl methyl sites for hydroxylation is 1. The van der Waals surface area contributed by atoms with Gasteiger partial charge in [-0.2, -0.15) is 13.2 Å². The summed E-state index contributed by atoms with van der Waals surface area (Å²) in [5, 5.41) is 2.64. The highest BCUT2D eigenvalue weighted by atomic mass is 19.4. The number of anilines is 1. The molecule has 0 unspecified atom stereocenters. The predicted octanol–water partition coefficient (Wildman–Crippen LogP) is 6.57. The van der Waals surface area contributed by atoms with Crippen molar-refractivity contribution in [3.8, 4) is 17.0 Å². The van der Waals surface area contributed by atoms with Crippen molar-refractivity contribution in [2.24, 2.45) is 0 Å². The molecule has 1 aliphatic rings. The SMILES string of the molecule is Cc1ccc(C(=O)Nc2cc(OCCN3CCCCC3)cc(C(F)(F)F)c2)cc1Cc1ncccc1-c1ccncn1. The van der Waals surface area contributed by atoms with Crippen LogP contribution >= 0.6 is 0 Å². The van der Waals surface area contributed by atoms with Gasteiger partial charge in [-0.25, -0.2) is 9.97 Å². The fourth-order valence-corrected chi connectivity index (χ4v) is 5.04. The molecule has 10 heteroatoms. The van der Waals surface area contributed by atoms with Crippen LogP contribution in [-0.2, 0) is 12.6 Å². The minimum absolute atomic E-state index is 0.0145. The molecule has 0 radical (unpaired) electrons. The van der Waals surface area contributed by atoms with E-state index >= 15 is 0 Å². The number of piperidine rings is 1. The van der Waals surface area contributed by atoms with Crippen molar-refractivity contribution in [1.82, 2.24) is 19.9 Å². The lowest BCUT2D eigenvalue weighted by molar-refractivity contribution is -0.137. The van der Waals surface area contributed by atoms with E-state index in [1.807, 2.05) is 25.1 Å². The maximum absolute atomic E-state index is 13.7. The van der Waals surface area contributed by atoms with E-state index < -0.39 is 17.6 Å². The van der Waals surface area contributed by atoms with Crippen LogP contribution in [0.15, 0.2) is 73.3 Å². The van der Waals surface area contributed by atoms with Gasteiger partial charge in [0.1, 0.15) is 18.7 Å². The summed E-state index contributed by atoms with van der Waals surface area (Å²) in [6.45, 7) is 4.77. The van der Waals surface area contributed by atoms with E-state index in [4.69, 9.17) is 4.74 Å². The molecular formula is C32H32F3N5O2. The Bertz CT molecular complexity index is 1520. The number of rotatable bonds is 9. The zero-order valence-corrected chi connectivity index (χ0v) is 23.3. The van der Waals surface area contributed by atoms with Crippen molar-refractivity contribution >= 4 is 11.6 Å². The summed E-state index contributed by atoms with van der Waals surface area (Å²) in [5.41, 5.74) is 3.63. The highest BCUT2D eigenvalue weighted by Crippen LogP contribution is 2.34. The minimum Gasteiger partial charge on any atom is -0.492 e. The van der Waals surface area contributed by atoms with Crippen molar-refractivity contribution in [1.29, 1.82) is 0 Å². The van der Waals surface area contributed by atoms with Gasteiger partial charge in [-0.3, -0.25) is 14.7 Å². The molecule has 5 rings (SSSR count). The number of aromatic nitrogens is 3. The van der Waals surface area contributed by atoms with Gasteiger partial charge in [0.05, 0.1) is 17.0 Å². The standard InChI is InChI=1S/C32H32F3N5O2/c1-22-7-8-23(16-24(22)17-30-28(6-5-10-37-30)29-9-11-36-21-38-29)31(41)39-26-18-25(32(33,34)35)19-27(20-26)42-15-14-40-12-3-2-4-13-40/h5-11,16,18-21H,2-4,12-15,17H2,1H3,(H,39,41). The van der Waals surface area contributed by atoms with Gasteiger partial charge in [0.2, 0.25) is 0 Å². The average Bonchev–Trinajstić information content (AvgIpc) is 2.99. The van der Waals surface area contributed by atoms with Gasteiger partial charge in [-0.1, -0.05) is 12.5 Å². The fraction of sp³-hybridized carbons (Fsp3) is 0.312. The summed E-state index contributed by atoms with van der Waals surface area (Å²) in [7, 11) is 0. The highest BCUT2D eigenvalue weighted by molar-refractivity contribution is 6.04. The van der Waals surface area contributed by atoms with Crippen LogP contribution in [0.5, 0.6) is 5.75 Å². The Morgan fingerprint density at radius 1 is 1.00 bits per heavy atom. The number of halogens is 3. The van der Waals surface area contributed by atoms with E-state index in [0.717, 1.165) is 66.1 Å². The molecule has 1 N–H and O–H groups in total. The van der Waals surface area contributed by atoms with Gasteiger partial charge in [-0.15, -0.1) is 0 Å². The third-order valence-electron chi connectivity index (χ3n) is 7.33. The molecule has 2 aromatic carbocycles. The molecule has 1 saturated heterocycles. The molecule has 1 fully saturated rings. The van der Waals surface area contributed by atoms with Crippen LogP contribution in [0, 0.1) is 6.92 Å². The second kappa shape index (κ2) is 13.1. The monoisotopic (exact) mass is 575 g/mol. The first kappa shape index (κ1) is 29.2. The molecule has 4 aromatic rings. The number of ether oxygens (including phenoxy) is 1. The number of hydrogen-bond acceptors (Lipinski definition) is 6. The molecule has 42 heavy (non-hydrogen) atoms. The average molecular weight is 576 g/mol. The summed E-state index contributed by atoms with van der Waals surface area (Å²) in [6, 6.07) is 14.1. The predicted molar refractivity (Wildman–Crippen MR) is 154 cm³/mol. The maximum atomic E-state index is 13.7. The number of nitrogens with zero attached hydrogens (tertiary/aromatic N) is 4. The summed E-state index contributed by atoms with van der Waals surface area (Å²) < 4.78 is 46.8. The van der Waals surface area contributed by atoms with Crippen LogP contribution in [0.1, 0.15) is 52.0 Å². The Labute approximate surface area is 242 Å². The lowest BCUT2D eigenvalue weighted by atomic mass is 9.97. The van der Waals surface area contributed by atoms with Gasteiger partial charge < -0.3 is 10.1 Å². The van der Waals surface area contributed by atoms with Crippen molar-refractivity contribution in [3.05, 3.63) is 101 Å². The van der Waals surface area contributed by atoms with Gasteiger partial charge in [0.25, 0.3) is 5.91 Å². The van der Waals surface area contributed by atoms with Crippen LogP contribution in [-0.4, -0.2) is 52.0 Å². The topological polar surface area (TPSA) is 80.2 Å². The van der Waals surface area contributed by atoms with Crippen molar-refractivity contribution in [3.63, 3.8) is 0 Å². The molecule has 1 aliphatic heterocycles. The summed E-state index contributed by atoms with van der Waals surface area (Å²) in [6.07, 6.45) is 4.11. The molecule has 7 nitrogen and oxygen atoms in total. The fourth-order valence-electron chi connectivity index (χ4n) is 5.04. The van der Waals surface area contributed by atoms with E-state index in [2.05, 4.69) is 25.2 Å². The number of likely N-dealkylation sites (tertiary alicyclic amines) is 1. The third kappa shape index (κ3) is 7.50. The van der Waals surface area contributed by atoms with Crippen LogP contribution in [0.2, 0.25) is 0 Å². The Kier molecular flexibility index (Phi) is 9.12. The van der Waals surface area contributed by atoms with Gasteiger partial charge in [0.15, 0.2) is 0 Å². The largest absolute Gasteiger partial charge is 0.492 e. The smallest absolute Gasteiger partial charge is 0.416 e. The number of nitrogens with one attached hydrogen (secondary N) is 1. The number of carbonyl (C=O) groups excluding carboxylic acids is 1. The third-order valence-corrected chi connectivity index (χ3v) is 7.33. The molecule has 1 amide bonds. The van der Waals surface area contributed by atoms with E-state index in [9.17, 15) is 18.0 Å². The summed E-state index contributed by atoms with van der Waals surface area (Å²) >= 11 is 0. The molecule has 0 saturated carbocycles. The Morgan fingerprint density at radius 2 is 1.83 bits per heavy atom. The molecule has 3 heterocycles. The van der Waals surface area contributed by atoms with E-state index in [1.54, 1.807) is 30.6 Å². The minimum atomic E-state index is -4.59. The molecule has 2 aromatic heterocycles. The molecule has 0 bridgehead atoms. The molecular weight excluding hydrogens is 543 g/mol.